The van der Waals surface area contributed by atoms with Gasteiger partial charge < -0.3 is 20.7 Å². The van der Waals surface area contributed by atoms with Crippen molar-refractivity contribution >= 4 is 11.8 Å². The number of nitrogens with two attached hydrogens (primary N) is 1. The fraction of sp³-hybridized carbons (Fsp3) is 0.867. The lowest BCUT2D eigenvalue weighted by Gasteiger charge is -2.31. The molecule has 0 bridgehead atoms. The Balaban J connectivity index is 1.69. The quantitative estimate of drug-likeness (QED) is 0.771. The number of nitrogens with zero attached hydrogens (tertiary/aromatic N) is 1. The van der Waals surface area contributed by atoms with E-state index >= 15 is 0 Å². The van der Waals surface area contributed by atoms with Crippen molar-refractivity contribution in [2.24, 2.45) is 17.6 Å². The molecule has 21 heavy (non-hydrogen) atoms. The third-order valence-corrected chi connectivity index (χ3v) is 4.58. The zero-order chi connectivity index (χ0) is 15.2. The summed E-state index contributed by atoms with van der Waals surface area (Å²) in [7, 11) is 0. The average molecular weight is 297 g/mol. The first kappa shape index (κ1) is 16.2. The summed E-state index contributed by atoms with van der Waals surface area (Å²) in [4.78, 5) is 26.0. The topological polar surface area (TPSA) is 84.7 Å². The van der Waals surface area contributed by atoms with Crippen LogP contribution in [0.2, 0.25) is 0 Å². The Labute approximate surface area is 126 Å². The minimum Gasteiger partial charge on any atom is -0.378 e. The van der Waals surface area contributed by atoms with Crippen LogP contribution in [0.15, 0.2) is 0 Å². The molecular formula is C15H27N3O3. The first-order valence-electron chi connectivity index (χ1n) is 7.96. The molecule has 0 spiro atoms. The van der Waals surface area contributed by atoms with Crippen LogP contribution in [0.25, 0.3) is 0 Å². The van der Waals surface area contributed by atoms with E-state index in [0.717, 1.165) is 19.3 Å². The van der Waals surface area contributed by atoms with Crippen molar-refractivity contribution in [1.29, 1.82) is 0 Å². The second-order valence-electron chi connectivity index (χ2n) is 6.19. The van der Waals surface area contributed by atoms with Gasteiger partial charge in [0.05, 0.1) is 13.2 Å². The van der Waals surface area contributed by atoms with Crippen LogP contribution in [0.3, 0.4) is 0 Å². The van der Waals surface area contributed by atoms with Crippen LogP contribution in [-0.4, -0.2) is 55.6 Å². The summed E-state index contributed by atoms with van der Waals surface area (Å²) in [6.45, 7) is 5.04. The van der Waals surface area contributed by atoms with E-state index in [1.54, 1.807) is 4.90 Å². The third kappa shape index (κ3) is 4.68. The molecule has 0 aromatic carbocycles. The van der Waals surface area contributed by atoms with Crippen LogP contribution in [0.1, 0.15) is 32.6 Å². The zero-order valence-electron chi connectivity index (χ0n) is 12.8. The van der Waals surface area contributed by atoms with Crippen LogP contribution in [0.5, 0.6) is 0 Å². The molecule has 2 fully saturated rings. The lowest BCUT2D eigenvalue weighted by molar-refractivity contribution is -0.135. The van der Waals surface area contributed by atoms with E-state index < -0.39 is 0 Å². The smallest absolute Gasteiger partial charge is 0.224 e. The van der Waals surface area contributed by atoms with Crippen molar-refractivity contribution in [3.8, 4) is 0 Å². The first-order valence-corrected chi connectivity index (χ1v) is 7.96. The van der Waals surface area contributed by atoms with Gasteiger partial charge in [-0.15, -0.1) is 0 Å². The number of carbonyl (C=O) groups excluding carboxylic acids is 2. The van der Waals surface area contributed by atoms with Crippen LogP contribution in [0, 0.1) is 11.8 Å². The van der Waals surface area contributed by atoms with Gasteiger partial charge in [0.25, 0.3) is 0 Å². The maximum atomic E-state index is 12.2. The number of hydrogen-bond acceptors (Lipinski definition) is 4. The van der Waals surface area contributed by atoms with Crippen molar-refractivity contribution in [3.05, 3.63) is 0 Å². The molecule has 2 rings (SSSR count). The third-order valence-electron chi connectivity index (χ3n) is 4.58. The highest BCUT2D eigenvalue weighted by Gasteiger charge is 2.31. The lowest BCUT2D eigenvalue weighted by Crippen LogP contribution is -2.44. The second-order valence-corrected chi connectivity index (χ2v) is 6.19. The monoisotopic (exact) mass is 297 g/mol. The molecule has 2 aliphatic rings. The highest BCUT2D eigenvalue weighted by Crippen LogP contribution is 2.29. The number of carbonyl (C=O) groups is 2. The van der Waals surface area contributed by atoms with Gasteiger partial charge in [0.15, 0.2) is 0 Å². The van der Waals surface area contributed by atoms with E-state index in [-0.39, 0.29) is 23.8 Å². The summed E-state index contributed by atoms with van der Waals surface area (Å²) in [5.41, 5.74) is 5.95. The fourth-order valence-electron chi connectivity index (χ4n) is 3.11. The van der Waals surface area contributed by atoms with Gasteiger partial charge in [-0.2, -0.15) is 0 Å². The van der Waals surface area contributed by atoms with Crippen molar-refractivity contribution in [2.75, 3.05) is 32.8 Å². The van der Waals surface area contributed by atoms with Gasteiger partial charge >= 0.3 is 0 Å². The number of rotatable bonds is 4. The Bertz CT molecular complexity index is 369. The summed E-state index contributed by atoms with van der Waals surface area (Å²) in [5, 5.41) is 2.90. The summed E-state index contributed by atoms with van der Waals surface area (Å²) in [6.07, 6.45) is 3.12. The largest absolute Gasteiger partial charge is 0.378 e. The van der Waals surface area contributed by atoms with E-state index in [1.165, 1.54) is 0 Å². The summed E-state index contributed by atoms with van der Waals surface area (Å²) in [5.74, 6) is 0.506. The molecule has 6 heteroatoms. The molecule has 120 valence electrons. The highest BCUT2D eigenvalue weighted by atomic mass is 16.5. The second kappa shape index (κ2) is 7.75. The number of amides is 2. The molecule has 0 radical (unpaired) electrons. The molecule has 3 atom stereocenters. The van der Waals surface area contributed by atoms with Gasteiger partial charge in [-0.05, 0) is 25.2 Å². The maximum Gasteiger partial charge on any atom is 0.224 e. The molecule has 0 aromatic heterocycles. The Morgan fingerprint density at radius 1 is 1.29 bits per heavy atom. The summed E-state index contributed by atoms with van der Waals surface area (Å²) < 4.78 is 5.22. The van der Waals surface area contributed by atoms with E-state index in [0.29, 0.717) is 45.2 Å². The van der Waals surface area contributed by atoms with Gasteiger partial charge in [0, 0.05) is 38.0 Å². The molecular weight excluding hydrogens is 270 g/mol. The van der Waals surface area contributed by atoms with Crippen LogP contribution in [-0.2, 0) is 14.3 Å². The summed E-state index contributed by atoms with van der Waals surface area (Å²) in [6, 6.07) is 0.131. The molecule has 0 aromatic rings. The Kier molecular flexibility index (Phi) is 5.99. The van der Waals surface area contributed by atoms with Gasteiger partial charge in [-0.1, -0.05) is 6.92 Å². The molecule has 2 amide bonds. The number of morpholine rings is 1. The SMILES string of the molecule is CC1CCC(N)CC1C(=O)NCCC(=O)N1CCOCC1. The number of ether oxygens (including phenoxy) is 1. The van der Waals surface area contributed by atoms with E-state index in [1.807, 2.05) is 0 Å². The van der Waals surface area contributed by atoms with Crippen molar-refractivity contribution in [1.82, 2.24) is 10.2 Å². The minimum atomic E-state index is -0.00719. The predicted octanol–water partition coefficient (Wildman–Crippen LogP) is 0.115. The molecule has 3 unspecified atom stereocenters. The molecule has 1 saturated heterocycles. The van der Waals surface area contributed by atoms with Crippen LogP contribution >= 0.6 is 0 Å². The molecule has 3 N–H and O–H groups in total. The average Bonchev–Trinajstić information content (AvgIpc) is 2.50. The van der Waals surface area contributed by atoms with Crippen LogP contribution in [0.4, 0.5) is 0 Å². The van der Waals surface area contributed by atoms with E-state index in [2.05, 4.69) is 12.2 Å². The molecule has 1 aliphatic carbocycles. The lowest BCUT2D eigenvalue weighted by atomic mass is 9.78. The highest BCUT2D eigenvalue weighted by molar-refractivity contribution is 5.81. The molecule has 6 nitrogen and oxygen atoms in total. The Morgan fingerprint density at radius 2 is 2.00 bits per heavy atom. The number of hydrogen-bond donors (Lipinski definition) is 2. The number of nitrogens with one attached hydrogen (secondary N) is 1. The normalized spacial score (nSPS) is 30.0. The van der Waals surface area contributed by atoms with Crippen molar-refractivity contribution in [2.45, 2.75) is 38.6 Å². The first-order chi connectivity index (χ1) is 10.1. The van der Waals surface area contributed by atoms with Gasteiger partial charge in [-0.3, -0.25) is 9.59 Å². The van der Waals surface area contributed by atoms with Gasteiger partial charge in [0.1, 0.15) is 0 Å². The molecule has 1 aliphatic heterocycles. The van der Waals surface area contributed by atoms with Crippen molar-refractivity contribution < 1.29 is 14.3 Å². The fourth-order valence-corrected chi connectivity index (χ4v) is 3.11. The standard InChI is InChI=1S/C15H27N3O3/c1-11-2-3-12(16)10-13(11)15(20)17-5-4-14(19)18-6-8-21-9-7-18/h11-13H,2-10,16H2,1H3,(H,17,20). The van der Waals surface area contributed by atoms with Gasteiger partial charge in [-0.25, -0.2) is 0 Å². The summed E-state index contributed by atoms with van der Waals surface area (Å²) >= 11 is 0. The van der Waals surface area contributed by atoms with Crippen LogP contribution < -0.4 is 11.1 Å². The predicted molar refractivity (Wildman–Crippen MR) is 79.5 cm³/mol. The molecule has 1 saturated carbocycles. The van der Waals surface area contributed by atoms with E-state index in [4.69, 9.17) is 10.5 Å². The zero-order valence-corrected chi connectivity index (χ0v) is 12.8. The van der Waals surface area contributed by atoms with Gasteiger partial charge in [0.2, 0.25) is 11.8 Å². The molecule has 1 heterocycles. The van der Waals surface area contributed by atoms with E-state index in [9.17, 15) is 9.59 Å². The maximum absolute atomic E-state index is 12.2. The Hall–Kier alpha value is -1.14. The minimum absolute atomic E-state index is 0.00719. The van der Waals surface area contributed by atoms with Crippen molar-refractivity contribution in [3.63, 3.8) is 0 Å². The Morgan fingerprint density at radius 3 is 2.71 bits per heavy atom.